The van der Waals surface area contributed by atoms with Crippen molar-refractivity contribution in [2.75, 3.05) is 6.61 Å². The van der Waals surface area contributed by atoms with Gasteiger partial charge in [0.15, 0.2) is 0 Å². The van der Waals surface area contributed by atoms with E-state index < -0.39 is 5.60 Å². The molecule has 4 heteroatoms. The summed E-state index contributed by atoms with van der Waals surface area (Å²) >= 11 is 0. The lowest BCUT2D eigenvalue weighted by Crippen LogP contribution is -2.35. The fourth-order valence-electron chi connectivity index (χ4n) is 1.57. The Kier molecular flexibility index (Phi) is 5.82. The normalized spacial score (nSPS) is 12.5. The van der Waals surface area contributed by atoms with Gasteiger partial charge in [0, 0.05) is 12.8 Å². The van der Waals surface area contributed by atoms with Gasteiger partial charge in [-0.2, -0.15) is 0 Å². The number of nitrogens with two attached hydrogens (primary N) is 1. The predicted molar refractivity (Wildman–Crippen MR) is 67.5 cm³/mol. The number of ketones is 1. The van der Waals surface area contributed by atoms with Crippen LogP contribution in [0.4, 0.5) is 0 Å². The molecule has 0 fully saturated rings. The maximum absolute atomic E-state index is 11.4. The Bertz CT molecular complexity index is 282. The highest BCUT2D eigenvalue weighted by Crippen LogP contribution is 2.25. The van der Waals surface area contributed by atoms with Crippen molar-refractivity contribution in [3.63, 3.8) is 0 Å². The van der Waals surface area contributed by atoms with Crippen molar-refractivity contribution in [1.29, 1.82) is 0 Å². The smallest absolute Gasteiger partial charge is 0.220 e. The number of primary amides is 1. The average Bonchev–Trinajstić information content (AvgIpc) is 2.12. The Morgan fingerprint density at radius 2 is 1.65 bits per heavy atom. The van der Waals surface area contributed by atoms with Crippen molar-refractivity contribution in [3.05, 3.63) is 0 Å². The van der Waals surface area contributed by atoms with Crippen LogP contribution in [0.2, 0.25) is 0 Å². The Balaban J connectivity index is 4.25. The van der Waals surface area contributed by atoms with E-state index in [-0.39, 0.29) is 23.5 Å². The van der Waals surface area contributed by atoms with Gasteiger partial charge in [-0.25, -0.2) is 0 Å². The molecule has 4 nitrogen and oxygen atoms in total. The first-order valence-electron chi connectivity index (χ1n) is 6.02. The standard InChI is InChI=1S/C13H25NO3/c1-6-10(15)7-12(2,3)9-17-13(4,5)8-11(14)16/h6-9H2,1-5H3,(H2,14,16). The van der Waals surface area contributed by atoms with E-state index in [1.165, 1.54) is 0 Å². The van der Waals surface area contributed by atoms with Crippen LogP contribution >= 0.6 is 0 Å². The lowest BCUT2D eigenvalue weighted by Gasteiger charge is -2.31. The van der Waals surface area contributed by atoms with Crippen molar-refractivity contribution in [2.45, 2.75) is 59.5 Å². The molecule has 17 heavy (non-hydrogen) atoms. The average molecular weight is 243 g/mol. The molecule has 0 aliphatic rings. The van der Waals surface area contributed by atoms with Gasteiger partial charge in [-0.1, -0.05) is 20.8 Å². The first-order valence-corrected chi connectivity index (χ1v) is 6.02. The van der Waals surface area contributed by atoms with E-state index in [0.717, 1.165) is 0 Å². The Labute approximate surface area is 104 Å². The van der Waals surface area contributed by atoms with Crippen LogP contribution in [0.5, 0.6) is 0 Å². The molecule has 0 rings (SSSR count). The summed E-state index contributed by atoms with van der Waals surface area (Å²) in [5, 5.41) is 0. The van der Waals surface area contributed by atoms with E-state index >= 15 is 0 Å². The highest BCUT2D eigenvalue weighted by atomic mass is 16.5. The molecular formula is C13H25NO3. The summed E-state index contributed by atoms with van der Waals surface area (Å²) in [4.78, 5) is 22.3. The van der Waals surface area contributed by atoms with E-state index in [1.54, 1.807) is 0 Å². The van der Waals surface area contributed by atoms with Crippen LogP contribution in [0.25, 0.3) is 0 Å². The molecule has 0 bridgehead atoms. The molecule has 0 heterocycles. The third-order valence-corrected chi connectivity index (χ3v) is 2.52. The summed E-state index contributed by atoms with van der Waals surface area (Å²) in [7, 11) is 0. The highest BCUT2D eigenvalue weighted by molar-refractivity contribution is 5.78. The van der Waals surface area contributed by atoms with Gasteiger partial charge in [0.1, 0.15) is 5.78 Å². The number of carbonyl (C=O) groups excluding carboxylic acids is 2. The second-order valence-electron chi connectivity index (χ2n) is 5.92. The summed E-state index contributed by atoms with van der Waals surface area (Å²) in [6, 6.07) is 0. The molecule has 0 aromatic heterocycles. The molecule has 0 spiro atoms. The molecule has 0 aromatic rings. The van der Waals surface area contributed by atoms with Gasteiger partial charge in [-0.3, -0.25) is 9.59 Å². The summed E-state index contributed by atoms with van der Waals surface area (Å²) in [5.41, 5.74) is 4.37. The van der Waals surface area contributed by atoms with Crippen LogP contribution in [-0.4, -0.2) is 23.9 Å². The van der Waals surface area contributed by atoms with Crippen molar-refractivity contribution in [2.24, 2.45) is 11.1 Å². The number of Topliss-reactive ketones (excluding diaryl/α,β-unsaturated/α-hetero) is 1. The fourth-order valence-corrected chi connectivity index (χ4v) is 1.57. The predicted octanol–water partition coefficient (Wildman–Crippen LogP) is 2.05. The summed E-state index contributed by atoms with van der Waals surface area (Å²) < 4.78 is 5.70. The monoisotopic (exact) mass is 243 g/mol. The molecular weight excluding hydrogens is 218 g/mol. The molecule has 0 saturated heterocycles. The van der Waals surface area contributed by atoms with Gasteiger partial charge in [-0.15, -0.1) is 0 Å². The number of rotatable bonds is 8. The lowest BCUT2D eigenvalue weighted by atomic mass is 9.87. The summed E-state index contributed by atoms with van der Waals surface area (Å²) in [6.45, 7) is 9.93. The fraction of sp³-hybridized carbons (Fsp3) is 0.846. The largest absolute Gasteiger partial charge is 0.374 e. The minimum Gasteiger partial charge on any atom is -0.374 e. The van der Waals surface area contributed by atoms with Gasteiger partial charge in [-0.05, 0) is 19.3 Å². The van der Waals surface area contributed by atoms with E-state index in [4.69, 9.17) is 10.5 Å². The Hall–Kier alpha value is -0.900. The molecule has 0 unspecified atom stereocenters. The number of amides is 1. The van der Waals surface area contributed by atoms with Crippen molar-refractivity contribution in [3.8, 4) is 0 Å². The second kappa shape index (κ2) is 6.15. The number of hydrogen-bond acceptors (Lipinski definition) is 3. The van der Waals surface area contributed by atoms with Gasteiger partial charge < -0.3 is 10.5 Å². The molecule has 1 amide bonds. The lowest BCUT2D eigenvalue weighted by molar-refractivity contribution is -0.130. The summed E-state index contributed by atoms with van der Waals surface area (Å²) in [6.07, 6.45) is 1.23. The van der Waals surface area contributed by atoms with Crippen LogP contribution < -0.4 is 5.73 Å². The van der Waals surface area contributed by atoms with E-state index in [0.29, 0.717) is 19.4 Å². The molecule has 0 saturated carbocycles. The summed E-state index contributed by atoms with van der Waals surface area (Å²) in [5.74, 6) is -0.149. The van der Waals surface area contributed by atoms with Gasteiger partial charge in [0.25, 0.3) is 0 Å². The van der Waals surface area contributed by atoms with Crippen LogP contribution in [0.15, 0.2) is 0 Å². The molecule has 100 valence electrons. The highest BCUT2D eigenvalue weighted by Gasteiger charge is 2.27. The van der Waals surface area contributed by atoms with Crippen molar-refractivity contribution in [1.82, 2.24) is 0 Å². The minimum absolute atomic E-state index is 0.185. The van der Waals surface area contributed by atoms with Crippen LogP contribution in [0.1, 0.15) is 53.9 Å². The van der Waals surface area contributed by atoms with Crippen LogP contribution in [-0.2, 0) is 14.3 Å². The molecule has 0 radical (unpaired) electrons. The SMILES string of the molecule is CCC(=O)CC(C)(C)COC(C)(C)CC(N)=O. The molecule has 0 aromatic carbocycles. The first kappa shape index (κ1) is 16.1. The third kappa shape index (κ3) is 7.91. The zero-order valence-electron chi connectivity index (χ0n) is 11.6. The Morgan fingerprint density at radius 1 is 1.12 bits per heavy atom. The zero-order chi connectivity index (χ0) is 13.7. The number of carbonyl (C=O) groups is 2. The van der Waals surface area contributed by atoms with Gasteiger partial charge in [0.2, 0.25) is 5.91 Å². The van der Waals surface area contributed by atoms with E-state index in [2.05, 4.69) is 0 Å². The topological polar surface area (TPSA) is 69.4 Å². The van der Waals surface area contributed by atoms with Crippen LogP contribution in [0.3, 0.4) is 0 Å². The maximum atomic E-state index is 11.4. The molecule has 0 aliphatic heterocycles. The second-order valence-corrected chi connectivity index (χ2v) is 5.92. The number of ether oxygens (including phenoxy) is 1. The minimum atomic E-state index is -0.571. The molecule has 0 aliphatic carbocycles. The van der Waals surface area contributed by atoms with Crippen LogP contribution in [0, 0.1) is 5.41 Å². The van der Waals surface area contributed by atoms with Gasteiger partial charge in [0.05, 0.1) is 18.6 Å². The molecule has 2 N–H and O–H groups in total. The van der Waals surface area contributed by atoms with Crippen molar-refractivity contribution < 1.29 is 14.3 Å². The van der Waals surface area contributed by atoms with Gasteiger partial charge >= 0.3 is 0 Å². The quantitative estimate of drug-likeness (QED) is 0.709. The zero-order valence-corrected chi connectivity index (χ0v) is 11.6. The third-order valence-electron chi connectivity index (χ3n) is 2.52. The first-order chi connectivity index (χ1) is 7.58. The molecule has 0 atom stereocenters. The van der Waals surface area contributed by atoms with Crippen molar-refractivity contribution >= 4 is 11.7 Å². The van der Waals surface area contributed by atoms with E-state index in [1.807, 2.05) is 34.6 Å². The number of hydrogen-bond donors (Lipinski definition) is 1. The Morgan fingerprint density at radius 3 is 2.06 bits per heavy atom. The van der Waals surface area contributed by atoms with E-state index in [9.17, 15) is 9.59 Å². The maximum Gasteiger partial charge on any atom is 0.220 e.